The number of nitriles is 3. The summed E-state index contributed by atoms with van der Waals surface area (Å²) in [6.45, 7) is 11.4. The fraction of sp³-hybridized carbons (Fsp3) is 0.200. The highest BCUT2D eigenvalue weighted by molar-refractivity contribution is 6.02. The number of benzene rings is 6. The number of hydrogen-bond donors (Lipinski definition) is 4. The van der Waals surface area contributed by atoms with Crippen LogP contribution in [-0.4, -0.2) is 32.6 Å². The maximum Gasteiger partial charge on any atom is 0.346 e. The summed E-state index contributed by atoms with van der Waals surface area (Å²) in [5, 5.41) is 43.7. The number of para-hydroxylation sites is 2. The molecule has 1 saturated carbocycles. The molecule has 12 nitrogen and oxygen atoms in total. The van der Waals surface area contributed by atoms with E-state index in [0.29, 0.717) is 34.8 Å². The van der Waals surface area contributed by atoms with Crippen LogP contribution in [0.2, 0.25) is 0 Å². The Labute approximate surface area is 420 Å². The van der Waals surface area contributed by atoms with Crippen molar-refractivity contribution in [3.8, 4) is 46.5 Å². The Bertz CT molecular complexity index is 3570. The Balaban J connectivity index is 1.02. The summed E-state index contributed by atoms with van der Waals surface area (Å²) in [6.07, 6.45) is 10.9. The highest BCUT2D eigenvalue weighted by Crippen LogP contribution is 2.39. The minimum atomic E-state index is -0.349. The van der Waals surface area contributed by atoms with Crippen LogP contribution in [0.3, 0.4) is 0 Å². The van der Waals surface area contributed by atoms with E-state index >= 15 is 0 Å². The Kier molecular flexibility index (Phi) is 14.3. The van der Waals surface area contributed by atoms with Gasteiger partial charge in [-0.25, -0.2) is 9.97 Å². The third-order valence-electron chi connectivity index (χ3n) is 12.7. The third kappa shape index (κ3) is 10.9. The predicted octanol–water partition coefficient (Wildman–Crippen LogP) is 14.3. The van der Waals surface area contributed by atoms with Gasteiger partial charge in [-0.1, -0.05) is 60.3 Å². The third-order valence-corrected chi connectivity index (χ3v) is 12.7. The molecule has 6 aromatic carbocycles. The number of anilines is 6. The first kappa shape index (κ1) is 47.7. The summed E-state index contributed by atoms with van der Waals surface area (Å²) in [4.78, 5) is 25.1. The lowest BCUT2D eigenvalue weighted by molar-refractivity contribution is 0.734. The monoisotopic (exact) mass is 941 g/mol. The Morgan fingerprint density at radius 1 is 0.625 bits per heavy atom. The number of nitrogens with zero attached hydrogens (tertiary/aromatic N) is 8. The van der Waals surface area contributed by atoms with E-state index in [1.165, 1.54) is 18.9 Å². The van der Waals surface area contributed by atoms with Gasteiger partial charge in [-0.15, -0.1) is 0 Å². The minimum Gasteiger partial charge on any atom is -0.369 e. The van der Waals surface area contributed by atoms with Crippen LogP contribution in [0.5, 0.6) is 0 Å². The molecule has 0 bridgehead atoms. The van der Waals surface area contributed by atoms with Gasteiger partial charge in [0.05, 0.1) is 46.4 Å². The van der Waals surface area contributed by atoms with Crippen molar-refractivity contribution in [3.63, 3.8) is 0 Å². The highest BCUT2D eigenvalue weighted by Gasteiger charge is 2.24. The predicted molar refractivity (Wildman–Crippen MR) is 292 cm³/mol. The lowest BCUT2D eigenvalue weighted by Crippen LogP contribution is -2.17. The van der Waals surface area contributed by atoms with Crippen molar-refractivity contribution in [1.29, 1.82) is 15.8 Å². The van der Waals surface area contributed by atoms with Gasteiger partial charge in [-0.2, -0.15) is 25.8 Å². The van der Waals surface area contributed by atoms with Crippen molar-refractivity contribution in [2.24, 2.45) is 5.92 Å². The first-order chi connectivity index (χ1) is 35.1. The fourth-order valence-electron chi connectivity index (χ4n) is 9.18. The van der Waals surface area contributed by atoms with E-state index in [0.717, 1.165) is 114 Å². The smallest absolute Gasteiger partial charge is 0.346 e. The molecule has 12 heteroatoms. The Morgan fingerprint density at radius 2 is 1.11 bits per heavy atom. The first-order valence-electron chi connectivity index (χ1n) is 24.2. The molecular formula is C60H53N12+. The molecule has 1 aliphatic carbocycles. The summed E-state index contributed by atoms with van der Waals surface area (Å²) >= 11 is 0. The van der Waals surface area contributed by atoms with Crippen molar-refractivity contribution < 1.29 is 0 Å². The summed E-state index contributed by atoms with van der Waals surface area (Å²) in [7, 11) is 0. The number of allylic oxidation sites excluding steroid dienone is 2. The van der Waals surface area contributed by atoms with Gasteiger partial charge in [-0.05, 0) is 170 Å². The second kappa shape index (κ2) is 21.5. The molecular weight excluding hydrogens is 889 g/mol. The summed E-state index contributed by atoms with van der Waals surface area (Å²) < 4.78 is 0. The molecule has 0 amide bonds. The average molecular weight is 942 g/mol. The molecule has 1 unspecified atom stereocenters. The zero-order valence-electron chi connectivity index (χ0n) is 41.0. The maximum absolute atomic E-state index is 9.41. The summed E-state index contributed by atoms with van der Waals surface area (Å²) in [6, 6.07) is 45.1. The molecule has 0 spiro atoms. The Hall–Kier alpha value is -9.36. The molecule has 2 heterocycles. The van der Waals surface area contributed by atoms with Crippen LogP contribution in [0, 0.1) is 73.7 Å². The second-order valence-electron chi connectivity index (χ2n) is 18.2. The molecule has 2 aromatic heterocycles. The van der Waals surface area contributed by atoms with Gasteiger partial charge in [0.1, 0.15) is 11.6 Å². The lowest BCUT2D eigenvalue weighted by Gasteiger charge is -2.17. The van der Waals surface area contributed by atoms with Crippen molar-refractivity contribution >= 4 is 68.9 Å². The molecule has 1 fully saturated rings. The van der Waals surface area contributed by atoms with E-state index in [2.05, 4.69) is 129 Å². The number of nitrogens with one attached hydrogen (secondary N) is 4. The molecule has 352 valence electrons. The van der Waals surface area contributed by atoms with E-state index in [1.807, 2.05) is 54.6 Å². The van der Waals surface area contributed by atoms with Crippen LogP contribution in [0.1, 0.15) is 77.1 Å². The van der Waals surface area contributed by atoms with Crippen molar-refractivity contribution in [2.45, 2.75) is 66.5 Å². The molecule has 9 rings (SSSR count). The SMILES string of the molecule is CCCC([N+]#C/C=C/c1cc(C)c(-c2cccc3c(NCC4CC4)nc(Nc4ccc(C#N)cc4)nc23)c(C)c1)Nc1nc(Nc2ccc(C#N)cc2)nc2c(-c3c(C)cc(/C=C/C#N)cc3C)cccc12. The Morgan fingerprint density at radius 3 is 1.58 bits per heavy atom. The average Bonchev–Trinajstić information content (AvgIpc) is 4.21. The normalized spacial score (nSPS) is 12.5. The van der Waals surface area contributed by atoms with Gasteiger partial charge in [0, 0.05) is 52.3 Å². The van der Waals surface area contributed by atoms with Crippen LogP contribution >= 0.6 is 0 Å². The number of fused-ring (bicyclic) bond motifs is 2. The molecule has 4 N–H and O–H groups in total. The van der Waals surface area contributed by atoms with Crippen LogP contribution in [0.25, 0.3) is 61.1 Å². The van der Waals surface area contributed by atoms with E-state index in [1.54, 1.807) is 24.3 Å². The van der Waals surface area contributed by atoms with Crippen LogP contribution < -0.4 is 21.3 Å². The molecule has 8 aromatic rings. The molecule has 1 aliphatic rings. The van der Waals surface area contributed by atoms with Gasteiger partial charge in [-0.3, -0.25) is 5.32 Å². The molecule has 72 heavy (non-hydrogen) atoms. The van der Waals surface area contributed by atoms with E-state index in [9.17, 15) is 10.5 Å². The molecule has 0 radical (unpaired) electrons. The first-order valence-corrected chi connectivity index (χ1v) is 24.2. The van der Waals surface area contributed by atoms with E-state index in [4.69, 9.17) is 30.0 Å². The molecule has 0 aliphatic heterocycles. The number of aromatic nitrogens is 4. The van der Waals surface area contributed by atoms with E-state index < -0.39 is 0 Å². The number of rotatable bonds is 15. The zero-order chi connectivity index (χ0) is 50.1. The van der Waals surface area contributed by atoms with Crippen LogP contribution in [0.15, 0.2) is 121 Å². The number of aryl methyl sites for hydroxylation is 4. The highest BCUT2D eigenvalue weighted by atomic mass is 15.2. The van der Waals surface area contributed by atoms with Gasteiger partial charge < -0.3 is 16.0 Å². The van der Waals surface area contributed by atoms with Crippen LogP contribution in [-0.2, 0) is 0 Å². The zero-order valence-corrected chi connectivity index (χ0v) is 41.0. The van der Waals surface area contributed by atoms with E-state index in [-0.39, 0.29) is 6.17 Å². The van der Waals surface area contributed by atoms with Crippen LogP contribution in [0.4, 0.5) is 34.9 Å². The standard InChI is InChI=1S/C60H52N12/c1-6-11-52(68-58-51-17-8-15-49(54-37(2)30-44(12-9-28-61)31-38(54)3)56(51)70-60(72-58)67-47-26-22-42(35-63)23-27-47)64-29-10-13-45-32-39(4)53(40(5)33-45)48-14-7-16-50-55(48)69-59(71-57(50)65-36-43-18-19-43)66-46-24-20-41(34-62)21-25-46/h7-10,12-17,20-27,30-33,43,52H,6,11,18-19,36H2,1-5H3,(H3,65,66,67,68,70,71,72)/p+1/b12-9+. The van der Waals surface area contributed by atoms with Crippen molar-refractivity contribution in [1.82, 2.24) is 19.9 Å². The van der Waals surface area contributed by atoms with Crippen molar-refractivity contribution in [3.05, 3.63) is 171 Å². The lowest BCUT2D eigenvalue weighted by atomic mass is 9.92. The summed E-state index contributed by atoms with van der Waals surface area (Å²) in [5.41, 5.74) is 14.8. The van der Waals surface area contributed by atoms with Gasteiger partial charge in [0.25, 0.3) is 0 Å². The maximum atomic E-state index is 9.41. The number of hydrogen-bond acceptors (Lipinski definition) is 11. The molecule has 1 atom stereocenters. The summed E-state index contributed by atoms with van der Waals surface area (Å²) in [5.74, 6) is 2.95. The second-order valence-corrected chi connectivity index (χ2v) is 18.2. The molecule has 0 saturated heterocycles. The largest absolute Gasteiger partial charge is 0.369 e. The van der Waals surface area contributed by atoms with Gasteiger partial charge in [0.2, 0.25) is 11.9 Å². The van der Waals surface area contributed by atoms with Gasteiger partial charge in [0.15, 0.2) is 0 Å². The van der Waals surface area contributed by atoms with Gasteiger partial charge >= 0.3 is 12.2 Å². The quantitative estimate of drug-likeness (QED) is 0.0720. The minimum absolute atomic E-state index is 0.349. The van der Waals surface area contributed by atoms with Crippen molar-refractivity contribution in [2.75, 3.05) is 27.8 Å². The topological polar surface area (TPSA) is 175 Å². The fourth-order valence-corrected chi connectivity index (χ4v) is 9.18.